The molecule has 120 valence electrons. The van der Waals surface area contributed by atoms with Gasteiger partial charge in [-0.15, -0.1) is 12.4 Å². The lowest BCUT2D eigenvalue weighted by Crippen LogP contribution is -2.32. The van der Waals surface area contributed by atoms with Gasteiger partial charge >= 0.3 is 6.18 Å². The summed E-state index contributed by atoms with van der Waals surface area (Å²) in [5.41, 5.74) is 1.50. The predicted octanol–water partition coefficient (Wildman–Crippen LogP) is 5.03. The summed E-state index contributed by atoms with van der Waals surface area (Å²) in [4.78, 5) is 0. The van der Waals surface area contributed by atoms with Gasteiger partial charge in [0.05, 0.1) is 11.8 Å². The highest BCUT2D eigenvalue weighted by Gasteiger charge is 2.34. The first-order chi connectivity index (χ1) is 10.0. The number of nitrogens with one attached hydrogen (secondary N) is 1. The Balaban J connectivity index is 0.00000176. The molecule has 0 spiro atoms. The zero-order valence-electron chi connectivity index (χ0n) is 12.0. The zero-order chi connectivity index (χ0) is 15.0. The largest absolute Gasteiger partial charge is 0.464 e. The summed E-state index contributed by atoms with van der Waals surface area (Å²) in [7, 11) is 0. The molecule has 1 atom stereocenters. The second-order valence-electron chi connectivity index (χ2n) is 5.27. The van der Waals surface area contributed by atoms with E-state index in [9.17, 15) is 13.2 Å². The number of alkyl halides is 3. The third-order valence-electron chi connectivity index (χ3n) is 3.98. The van der Waals surface area contributed by atoms with Crippen LogP contribution in [-0.2, 0) is 6.18 Å². The standard InChI is InChI=1S/C16H16F3NO.ClH/c1-2-11-9-10(5-7-20-11)12-3-4-14(16(17,18)19)13-6-8-21-15(12)13;/h3-6,8,11,20H,2,7,9H2,1H3;1H. The van der Waals surface area contributed by atoms with Crippen LogP contribution >= 0.6 is 12.4 Å². The van der Waals surface area contributed by atoms with Crippen LogP contribution in [0.25, 0.3) is 16.5 Å². The molecule has 0 aliphatic carbocycles. The number of hydrogen-bond acceptors (Lipinski definition) is 2. The zero-order valence-corrected chi connectivity index (χ0v) is 12.9. The Bertz CT molecular complexity index is 690. The van der Waals surface area contributed by atoms with Crippen LogP contribution in [0.5, 0.6) is 0 Å². The van der Waals surface area contributed by atoms with Gasteiger partial charge in [-0.05, 0) is 30.5 Å². The van der Waals surface area contributed by atoms with Crippen LogP contribution in [0.2, 0.25) is 0 Å². The first-order valence-corrected chi connectivity index (χ1v) is 7.01. The molecule has 0 saturated carbocycles. The minimum atomic E-state index is -4.37. The molecule has 1 aromatic heterocycles. The normalized spacial score (nSPS) is 18.9. The smallest absolute Gasteiger partial charge is 0.417 e. The lowest BCUT2D eigenvalue weighted by atomic mass is 9.92. The van der Waals surface area contributed by atoms with Gasteiger partial charge in [-0.25, -0.2) is 0 Å². The maximum absolute atomic E-state index is 13.0. The lowest BCUT2D eigenvalue weighted by Gasteiger charge is -2.23. The van der Waals surface area contributed by atoms with Crippen LogP contribution in [0.1, 0.15) is 30.9 Å². The van der Waals surface area contributed by atoms with E-state index in [-0.39, 0.29) is 17.8 Å². The molecule has 22 heavy (non-hydrogen) atoms. The molecular weight excluding hydrogens is 315 g/mol. The Morgan fingerprint density at radius 3 is 2.73 bits per heavy atom. The van der Waals surface area contributed by atoms with Gasteiger partial charge in [0.2, 0.25) is 0 Å². The van der Waals surface area contributed by atoms with E-state index in [1.165, 1.54) is 18.4 Å². The Labute approximate surface area is 132 Å². The number of benzene rings is 1. The van der Waals surface area contributed by atoms with Crippen molar-refractivity contribution in [3.8, 4) is 0 Å². The topological polar surface area (TPSA) is 25.2 Å². The van der Waals surface area contributed by atoms with Gasteiger partial charge in [0.1, 0.15) is 5.58 Å². The van der Waals surface area contributed by atoms with Crippen LogP contribution < -0.4 is 5.32 Å². The Morgan fingerprint density at radius 1 is 1.27 bits per heavy atom. The highest BCUT2D eigenvalue weighted by atomic mass is 35.5. The first kappa shape index (κ1) is 16.9. The third kappa shape index (κ3) is 3.01. The van der Waals surface area contributed by atoms with Crippen LogP contribution in [-0.4, -0.2) is 12.6 Å². The second kappa shape index (κ2) is 6.34. The maximum atomic E-state index is 13.0. The summed E-state index contributed by atoms with van der Waals surface area (Å²) in [6.07, 6.45) is 0.769. The van der Waals surface area contributed by atoms with Crippen LogP contribution in [0, 0.1) is 0 Å². The number of hydrogen-bond donors (Lipinski definition) is 1. The van der Waals surface area contributed by atoms with Gasteiger partial charge in [-0.1, -0.05) is 19.1 Å². The van der Waals surface area contributed by atoms with Crippen molar-refractivity contribution in [2.75, 3.05) is 6.54 Å². The summed E-state index contributed by atoms with van der Waals surface area (Å²) in [6, 6.07) is 4.42. The molecule has 1 aromatic carbocycles. The van der Waals surface area contributed by atoms with Gasteiger partial charge in [-0.3, -0.25) is 0 Å². The average molecular weight is 332 g/mol. The molecular formula is C16H17ClF3NO. The van der Waals surface area contributed by atoms with Gasteiger partial charge < -0.3 is 9.73 Å². The number of fused-ring (bicyclic) bond motifs is 1. The van der Waals surface area contributed by atoms with E-state index in [0.29, 0.717) is 11.6 Å². The number of furan rings is 1. The summed E-state index contributed by atoms with van der Waals surface area (Å²) in [5, 5.41) is 3.49. The fourth-order valence-electron chi connectivity index (χ4n) is 2.84. The number of rotatable bonds is 2. The van der Waals surface area contributed by atoms with Crippen LogP contribution in [0.4, 0.5) is 13.2 Å². The molecule has 1 aliphatic heterocycles. The van der Waals surface area contributed by atoms with Crippen molar-refractivity contribution >= 4 is 28.9 Å². The summed E-state index contributed by atoms with van der Waals surface area (Å²) in [6.45, 7) is 2.83. The molecule has 0 amide bonds. The highest BCUT2D eigenvalue weighted by Crippen LogP contribution is 2.39. The molecule has 1 aliphatic rings. The molecule has 3 rings (SSSR count). The molecule has 0 radical (unpaired) electrons. The van der Waals surface area contributed by atoms with E-state index < -0.39 is 11.7 Å². The summed E-state index contributed by atoms with van der Waals surface area (Å²) >= 11 is 0. The van der Waals surface area contributed by atoms with Gasteiger partial charge in [0, 0.05) is 23.5 Å². The molecule has 0 saturated heterocycles. The molecule has 2 nitrogen and oxygen atoms in total. The molecule has 2 heterocycles. The van der Waals surface area contributed by atoms with E-state index in [1.807, 2.05) is 6.08 Å². The van der Waals surface area contributed by atoms with Crippen molar-refractivity contribution in [1.82, 2.24) is 5.32 Å². The van der Waals surface area contributed by atoms with E-state index >= 15 is 0 Å². The minimum absolute atomic E-state index is 0. The van der Waals surface area contributed by atoms with Gasteiger partial charge in [0.25, 0.3) is 0 Å². The molecule has 1 unspecified atom stereocenters. The SMILES string of the molecule is CCC1CC(c2ccc(C(F)(F)F)c3ccoc23)=CCN1.Cl. The lowest BCUT2D eigenvalue weighted by molar-refractivity contribution is -0.136. The number of halogens is 4. The van der Waals surface area contributed by atoms with E-state index in [1.54, 1.807) is 0 Å². The van der Waals surface area contributed by atoms with Crippen molar-refractivity contribution in [3.63, 3.8) is 0 Å². The predicted molar refractivity (Wildman–Crippen MR) is 83.1 cm³/mol. The van der Waals surface area contributed by atoms with E-state index in [4.69, 9.17) is 4.42 Å². The summed E-state index contributed by atoms with van der Waals surface area (Å²) < 4.78 is 44.4. The summed E-state index contributed by atoms with van der Waals surface area (Å²) in [5.74, 6) is 0. The highest BCUT2D eigenvalue weighted by molar-refractivity contribution is 5.92. The third-order valence-corrected chi connectivity index (χ3v) is 3.98. The first-order valence-electron chi connectivity index (χ1n) is 7.01. The van der Waals surface area contributed by atoms with Crippen molar-refractivity contribution in [3.05, 3.63) is 41.7 Å². The maximum Gasteiger partial charge on any atom is 0.417 e. The molecule has 2 aromatic rings. The Hall–Kier alpha value is -1.46. The fraction of sp³-hybridized carbons (Fsp3) is 0.375. The van der Waals surface area contributed by atoms with Crippen LogP contribution in [0.3, 0.4) is 0 Å². The van der Waals surface area contributed by atoms with Crippen molar-refractivity contribution < 1.29 is 17.6 Å². The monoisotopic (exact) mass is 331 g/mol. The van der Waals surface area contributed by atoms with Crippen LogP contribution in [0.15, 0.2) is 35.0 Å². The molecule has 0 fully saturated rings. The molecule has 1 N–H and O–H groups in total. The average Bonchev–Trinajstić information content (AvgIpc) is 2.94. The van der Waals surface area contributed by atoms with Gasteiger partial charge in [0.15, 0.2) is 0 Å². The minimum Gasteiger partial charge on any atom is -0.464 e. The fourth-order valence-corrected chi connectivity index (χ4v) is 2.84. The van der Waals surface area contributed by atoms with Crippen molar-refractivity contribution in [1.29, 1.82) is 0 Å². The quantitative estimate of drug-likeness (QED) is 0.835. The Kier molecular flexibility index (Phi) is 4.87. The van der Waals surface area contributed by atoms with Crippen molar-refractivity contribution in [2.45, 2.75) is 32.0 Å². The molecule has 6 heteroatoms. The van der Waals surface area contributed by atoms with E-state index in [2.05, 4.69) is 12.2 Å². The molecule has 0 bridgehead atoms. The van der Waals surface area contributed by atoms with Gasteiger partial charge in [-0.2, -0.15) is 13.2 Å². The Morgan fingerprint density at radius 2 is 2.05 bits per heavy atom. The van der Waals surface area contributed by atoms with E-state index in [0.717, 1.165) is 36.6 Å². The van der Waals surface area contributed by atoms with Crippen molar-refractivity contribution in [2.24, 2.45) is 0 Å². The second-order valence-corrected chi connectivity index (χ2v) is 5.27.